The van der Waals surface area contributed by atoms with Gasteiger partial charge >= 0.3 is 6.11 Å². The number of nitrogens with two attached hydrogens (primary N) is 1. The van der Waals surface area contributed by atoms with Crippen LogP contribution in [-0.4, -0.2) is 33.8 Å². The summed E-state index contributed by atoms with van der Waals surface area (Å²) in [6, 6.07) is 3.84. The summed E-state index contributed by atoms with van der Waals surface area (Å²) in [5, 5.41) is 4.45. The molecule has 2 aliphatic heterocycles. The lowest BCUT2D eigenvalue weighted by Gasteiger charge is -2.19. The maximum atomic E-state index is 13.9. The van der Waals surface area contributed by atoms with Crippen molar-refractivity contribution in [2.24, 2.45) is 5.92 Å². The summed E-state index contributed by atoms with van der Waals surface area (Å²) >= 11 is 12.3. The van der Waals surface area contributed by atoms with Gasteiger partial charge in [-0.05, 0) is 25.1 Å². The minimum absolute atomic E-state index is 0.115. The van der Waals surface area contributed by atoms with Crippen molar-refractivity contribution in [1.29, 1.82) is 0 Å². The van der Waals surface area contributed by atoms with E-state index in [0.717, 1.165) is 0 Å². The first-order chi connectivity index (χ1) is 16.1. The first-order valence-electron chi connectivity index (χ1n) is 10.4. The number of nitrogens with zero attached hydrogens (tertiary/aromatic N) is 3. The average Bonchev–Trinajstić information content (AvgIpc) is 3.46. The average molecular weight is 515 g/mol. The van der Waals surface area contributed by atoms with Crippen LogP contribution >= 0.6 is 23.2 Å². The van der Waals surface area contributed by atoms with Crippen molar-refractivity contribution in [2.45, 2.75) is 37.9 Å². The molecular weight excluding hydrogens is 496 g/mol. The first-order valence-corrected chi connectivity index (χ1v) is 11.2. The predicted molar refractivity (Wildman–Crippen MR) is 118 cm³/mol. The van der Waals surface area contributed by atoms with Crippen LogP contribution in [0.3, 0.4) is 0 Å². The monoisotopic (exact) mass is 514 g/mol. The lowest BCUT2D eigenvalue weighted by molar-refractivity contribution is -0.270. The van der Waals surface area contributed by atoms with Crippen LogP contribution in [-0.2, 0) is 9.47 Å². The Morgan fingerprint density at radius 2 is 2.06 bits per heavy atom. The molecule has 4 unspecified atom stereocenters. The van der Waals surface area contributed by atoms with Crippen LogP contribution < -0.4 is 10.5 Å². The molecule has 2 N–H and O–H groups in total. The fourth-order valence-corrected chi connectivity index (χ4v) is 4.96. The van der Waals surface area contributed by atoms with E-state index in [1.165, 1.54) is 18.3 Å². The molecule has 2 aliphatic rings. The normalized spacial score (nSPS) is 24.2. The summed E-state index contributed by atoms with van der Waals surface area (Å²) in [6.07, 6.45) is -0.473. The van der Waals surface area contributed by atoms with Crippen molar-refractivity contribution in [3.8, 4) is 16.9 Å². The second kappa shape index (κ2) is 8.60. The molecule has 12 heteroatoms. The van der Waals surface area contributed by atoms with Crippen LogP contribution in [0.25, 0.3) is 11.1 Å². The van der Waals surface area contributed by atoms with Gasteiger partial charge in [0.15, 0.2) is 17.9 Å². The Balaban J connectivity index is 1.38. The number of pyridine rings is 1. The van der Waals surface area contributed by atoms with Gasteiger partial charge in [-0.25, -0.2) is 9.37 Å². The lowest BCUT2D eigenvalue weighted by Crippen LogP contribution is -2.20. The van der Waals surface area contributed by atoms with Crippen molar-refractivity contribution in [1.82, 2.24) is 14.8 Å². The van der Waals surface area contributed by atoms with Gasteiger partial charge in [-0.1, -0.05) is 23.2 Å². The van der Waals surface area contributed by atoms with E-state index in [2.05, 4.69) is 14.8 Å². The number of anilines is 1. The van der Waals surface area contributed by atoms with E-state index in [4.69, 9.17) is 38.4 Å². The van der Waals surface area contributed by atoms with Gasteiger partial charge in [0.25, 0.3) is 0 Å². The van der Waals surface area contributed by atoms with Gasteiger partial charge in [-0.3, -0.25) is 9.42 Å². The zero-order valence-electron chi connectivity index (χ0n) is 17.7. The number of ether oxygens (including phenoxy) is 3. The molecule has 5 rings (SSSR count). The molecule has 0 bridgehead atoms. The fourth-order valence-electron chi connectivity index (χ4n) is 4.28. The second-order valence-electron chi connectivity index (χ2n) is 8.23. The predicted octanol–water partition coefficient (Wildman–Crippen LogP) is 5.64. The molecule has 34 heavy (non-hydrogen) atoms. The van der Waals surface area contributed by atoms with E-state index in [1.807, 2.05) is 0 Å². The maximum Gasteiger partial charge on any atom is 0.358 e. The number of halogens is 5. The number of rotatable bonds is 5. The van der Waals surface area contributed by atoms with Crippen LogP contribution in [0, 0.1) is 11.7 Å². The quantitative estimate of drug-likeness (QED) is 0.443. The zero-order valence-corrected chi connectivity index (χ0v) is 19.2. The van der Waals surface area contributed by atoms with E-state index in [1.54, 1.807) is 30.1 Å². The molecule has 2 saturated heterocycles. The minimum atomic E-state index is -3.21. The molecular formula is C22H19Cl2F3N4O3. The highest BCUT2D eigenvalue weighted by molar-refractivity contribution is 6.36. The number of aromatic nitrogens is 3. The van der Waals surface area contributed by atoms with Gasteiger partial charge in [-0.2, -0.15) is 13.9 Å². The number of hydrogen-bond donors (Lipinski definition) is 1. The van der Waals surface area contributed by atoms with E-state index >= 15 is 0 Å². The molecule has 4 heterocycles. The van der Waals surface area contributed by atoms with Crippen molar-refractivity contribution < 1.29 is 27.4 Å². The SMILES string of the molecule is CC(Oc1cc(-c2cnn(C3COC4OC(F)(F)CC43)c2)cnc1N)c1c(Cl)ccc(F)c1Cl. The minimum Gasteiger partial charge on any atom is -0.482 e. The first kappa shape index (κ1) is 23.2. The summed E-state index contributed by atoms with van der Waals surface area (Å²) < 4.78 is 58.7. The Labute approximate surface area is 202 Å². The molecule has 0 spiro atoms. The second-order valence-corrected chi connectivity index (χ2v) is 9.01. The maximum absolute atomic E-state index is 13.9. The number of benzene rings is 1. The standard InChI is InChI=1S/C22H19Cl2F3N4O3/c1-10(18-14(23)2-3-15(25)19(18)24)33-17-4-11(6-29-20(17)28)12-7-30-31(8-12)16-9-32-21-13(16)5-22(26,27)34-21/h2-4,6-8,10,13,16,21H,5,9H2,1H3,(H2,28,29). The molecule has 2 fully saturated rings. The van der Waals surface area contributed by atoms with Gasteiger partial charge < -0.3 is 15.2 Å². The summed E-state index contributed by atoms with van der Waals surface area (Å²) in [5.41, 5.74) is 7.57. The topological polar surface area (TPSA) is 84.4 Å². The van der Waals surface area contributed by atoms with Gasteiger partial charge in [0, 0.05) is 46.4 Å². The van der Waals surface area contributed by atoms with Gasteiger partial charge in [-0.15, -0.1) is 0 Å². The smallest absolute Gasteiger partial charge is 0.358 e. The Bertz CT molecular complexity index is 1240. The largest absolute Gasteiger partial charge is 0.482 e. The molecule has 0 saturated carbocycles. The molecule has 0 radical (unpaired) electrons. The molecule has 4 atom stereocenters. The number of alkyl halides is 2. The van der Waals surface area contributed by atoms with Gasteiger partial charge in [0.1, 0.15) is 11.9 Å². The van der Waals surface area contributed by atoms with E-state index < -0.39 is 36.7 Å². The number of hydrogen-bond acceptors (Lipinski definition) is 6. The molecule has 2 aromatic heterocycles. The van der Waals surface area contributed by atoms with Crippen LogP contribution in [0.4, 0.5) is 19.0 Å². The highest BCUT2D eigenvalue weighted by atomic mass is 35.5. The highest BCUT2D eigenvalue weighted by Crippen LogP contribution is 2.47. The van der Waals surface area contributed by atoms with Crippen LogP contribution in [0.2, 0.25) is 10.0 Å². The fraction of sp³-hybridized carbons (Fsp3) is 0.364. The summed E-state index contributed by atoms with van der Waals surface area (Å²) in [7, 11) is 0. The molecule has 1 aromatic carbocycles. The summed E-state index contributed by atoms with van der Waals surface area (Å²) in [4.78, 5) is 4.18. The Hall–Kier alpha value is -2.53. The number of nitrogen functional groups attached to an aromatic ring is 1. The van der Waals surface area contributed by atoms with Gasteiger partial charge in [0.2, 0.25) is 0 Å². The molecule has 0 aliphatic carbocycles. The van der Waals surface area contributed by atoms with Crippen molar-refractivity contribution in [2.75, 3.05) is 12.3 Å². The third kappa shape index (κ3) is 4.19. The van der Waals surface area contributed by atoms with Gasteiger partial charge in [0.05, 0.1) is 23.9 Å². The molecule has 0 amide bonds. The lowest BCUT2D eigenvalue weighted by atomic mass is 10.0. The third-order valence-corrected chi connectivity index (χ3v) is 6.70. The van der Waals surface area contributed by atoms with Crippen molar-refractivity contribution >= 4 is 29.0 Å². The van der Waals surface area contributed by atoms with Crippen LogP contribution in [0.15, 0.2) is 36.8 Å². The van der Waals surface area contributed by atoms with E-state index in [9.17, 15) is 13.2 Å². The molecule has 3 aromatic rings. The third-order valence-electron chi connectivity index (χ3n) is 5.98. The highest BCUT2D eigenvalue weighted by Gasteiger charge is 2.55. The molecule has 7 nitrogen and oxygen atoms in total. The van der Waals surface area contributed by atoms with E-state index in [-0.39, 0.29) is 39.8 Å². The van der Waals surface area contributed by atoms with Crippen LogP contribution in [0.5, 0.6) is 5.75 Å². The zero-order chi connectivity index (χ0) is 24.2. The van der Waals surface area contributed by atoms with Crippen LogP contribution in [0.1, 0.15) is 31.1 Å². The summed E-state index contributed by atoms with van der Waals surface area (Å²) in [6.45, 7) is 1.88. The van der Waals surface area contributed by atoms with E-state index in [0.29, 0.717) is 11.1 Å². The Morgan fingerprint density at radius 1 is 1.26 bits per heavy atom. The number of fused-ring (bicyclic) bond motifs is 1. The summed E-state index contributed by atoms with van der Waals surface area (Å²) in [5.74, 6) is -0.772. The Morgan fingerprint density at radius 3 is 2.85 bits per heavy atom. The van der Waals surface area contributed by atoms with Crippen molar-refractivity contribution in [3.63, 3.8) is 0 Å². The Kier molecular flexibility index (Phi) is 5.87. The van der Waals surface area contributed by atoms with Crippen molar-refractivity contribution in [3.05, 3.63) is 58.2 Å². The molecule has 180 valence electrons.